The molecule has 1 saturated heterocycles. The summed E-state index contributed by atoms with van der Waals surface area (Å²) in [6, 6.07) is 27.4. The lowest BCUT2D eigenvalue weighted by Crippen LogP contribution is -2.69. The molecule has 0 radical (unpaired) electrons. The van der Waals surface area contributed by atoms with Gasteiger partial charge in [0.2, 0.25) is 5.72 Å². The SMILES string of the molecule is O=C1O[C@@]2(C[C@H](c3ccccc3)[C@H]3CCCC[C@]34Nc3ccccc3N24)c2ccccc21. The molecule has 3 aromatic rings. The lowest BCUT2D eigenvalue weighted by molar-refractivity contribution is -0.0663. The Hall–Kier alpha value is -3.27. The molecule has 1 saturated carbocycles. The number of piperidine rings is 1. The van der Waals surface area contributed by atoms with E-state index >= 15 is 0 Å². The summed E-state index contributed by atoms with van der Waals surface area (Å²) in [5, 5.41) is 3.98. The molecule has 4 nitrogen and oxygen atoms in total. The molecule has 0 bridgehead atoms. The highest BCUT2D eigenvalue weighted by atomic mass is 16.6. The molecule has 32 heavy (non-hydrogen) atoms. The van der Waals surface area contributed by atoms with Crippen LogP contribution in [-0.2, 0) is 10.5 Å². The number of hydrogen-bond donors (Lipinski definition) is 1. The van der Waals surface area contributed by atoms with Crippen LogP contribution in [0, 0.1) is 5.92 Å². The first-order valence-corrected chi connectivity index (χ1v) is 11.8. The highest BCUT2D eigenvalue weighted by Gasteiger charge is 2.67. The van der Waals surface area contributed by atoms with Gasteiger partial charge in [-0.25, -0.2) is 4.79 Å². The van der Waals surface area contributed by atoms with Crippen LogP contribution in [0.4, 0.5) is 11.4 Å². The third-order valence-corrected chi connectivity index (χ3v) is 8.23. The number of benzene rings is 3. The molecule has 0 unspecified atom stereocenters. The average Bonchev–Trinajstić information content (AvgIpc) is 3.32. The Kier molecular flexibility index (Phi) is 3.65. The number of para-hydroxylation sites is 2. The fourth-order valence-corrected chi connectivity index (χ4v) is 7.11. The molecule has 4 aliphatic rings. The molecule has 7 rings (SSSR count). The Labute approximate surface area is 188 Å². The predicted molar refractivity (Wildman–Crippen MR) is 125 cm³/mol. The largest absolute Gasteiger partial charge is 0.431 e. The number of nitrogens with one attached hydrogen (secondary N) is 1. The van der Waals surface area contributed by atoms with Gasteiger partial charge < -0.3 is 15.0 Å². The quantitative estimate of drug-likeness (QED) is 0.487. The lowest BCUT2D eigenvalue weighted by atomic mass is 9.62. The minimum absolute atomic E-state index is 0.207. The van der Waals surface area contributed by atoms with Gasteiger partial charge in [0.1, 0.15) is 5.66 Å². The van der Waals surface area contributed by atoms with Crippen LogP contribution in [0.1, 0.15) is 59.5 Å². The van der Waals surface area contributed by atoms with E-state index in [2.05, 4.69) is 70.9 Å². The third kappa shape index (κ3) is 2.20. The van der Waals surface area contributed by atoms with Crippen molar-refractivity contribution >= 4 is 17.3 Å². The minimum atomic E-state index is -0.804. The van der Waals surface area contributed by atoms with Gasteiger partial charge in [0.05, 0.1) is 16.9 Å². The van der Waals surface area contributed by atoms with Gasteiger partial charge in [-0.05, 0) is 48.9 Å². The van der Waals surface area contributed by atoms with E-state index in [0.29, 0.717) is 17.4 Å². The van der Waals surface area contributed by atoms with Crippen molar-refractivity contribution in [2.24, 2.45) is 5.92 Å². The summed E-state index contributed by atoms with van der Waals surface area (Å²) in [7, 11) is 0. The first-order valence-electron chi connectivity index (χ1n) is 11.8. The molecule has 0 aromatic heterocycles. The summed E-state index contributed by atoms with van der Waals surface area (Å²) >= 11 is 0. The van der Waals surface area contributed by atoms with Gasteiger partial charge in [-0.3, -0.25) is 0 Å². The molecule has 160 valence electrons. The molecule has 2 spiro atoms. The maximum atomic E-state index is 13.2. The lowest BCUT2D eigenvalue weighted by Gasteiger charge is -2.61. The van der Waals surface area contributed by atoms with E-state index in [9.17, 15) is 4.79 Å². The monoisotopic (exact) mass is 422 g/mol. The van der Waals surface area contributed by atoms with E-state index in [0.717, 1.165) is 29.8 Å². The van der Waals surface area contributed by atoms with Crippen LogP contribution < -0.4 is 10.2 Å². The Balaban J connectivity index is 1.52. The zero-order valence-corrected chi connectivity index (χ0v) is 18.0. The maximum Gasteiger partial charge on any atom is 0.341 e. The molecule has 4 atom stereocenters. The molecule has 3 aromatic carbocycles. The number of anilines is 2. The fraction of sp³-hybridized carbons (Fsp3) is 0.321. The molecule has 1 aliphatic carbocycles. The van der Waals surface area contributed by atoms with Crippen molar-refractivity contribution in [2.45, 2.75) is 49.4 Å². The second kappa shape index (κ2) is 6.38. The molecular formula is C28H26N2O2. The number of hydrogen-bond acceptors (Lipinski definition) is 4. The van der Waals surface area contributed by atoms with Crippen LogP contribution in [0.15, 0.2) is 78.9 Å². The number of carbonyl (C=O) groups is 1. The smallest absolute Gasteiger partial charge is 0.341 e. The van der Waals surface area contributed by atoms with E-state index in [1.54, 1.807) is 0 Å². The zero-order valence-electron chi connectivity index (χ0n) is 18.0. The topological polar surface area (TPSA) is 41.6 Å². The van der Waals surface area contributed by atoms with Crippen molar-refractivity contribution in [3.8, 4) is 0 Å². The second-order valence-electron chi connectivity index (χ2n) is 9.69. The van der Waals surface area contributed by atoms with Gasteiger partial charge in [-0.15, -0.1) is 0 Å². The molecule has 1 N–H and O–H groups in total. The minimum Gasteiger partial charge on any atom is -0.431 e. The third-order valence-electron chi connectivity index (χ3n) is 8.23. The van der Waals surface area contributed by atoms with Gasteiger partial charge in [0.15, 0.2) is 0 Å². The number of ether oxygens (including phenoxy) is 1. The summed E-state index contributed by atoms with van der Waals surface area (Å²) in [5.41, 5.74) is 4.28. The van der Waals surface area contributed by atoms with Crippen LogP contribution in [-0.4, -0.2) is 11.6 Å². The summed E-state index contributed by atoms with van der Waals surface area (Å²) < 4.78 is 6.47. The molecule has 2 fully saturated rings. The van der Waals surface area contributed by atoms with Crippen LogP contribution in [0.3, 0.4) is 0 Å². The van der Waals surface area contributed by atoms with Gasteiger partial charge in [-0.1, -0.05) is 67.1 Å². The number of esters is 1. The van der Waals surface area contributed by atoms with E-state index in [1.807, 2.05) is 18.2 Å². The second-order valence-corrected chi connectivity index (χ2v) is 9.69. The van der Waals surface area contributed by atoms with Crippen LogP contribution in [0.5, 0.6) is 0 Å². The van der Waals surface area contributed by atoms with Crippen molar-refractivity contribution in [2.75, 3.05) is 10.2 Å². The highest BCUT2D eigenvalue weighted by molar-refractivity contribution is 5.96. The van der Waals surface area contributed by atoms with E-state index in [4.69, 9.17) is 4.74 Å². The summed E-state index contributed by atoms with van der Waals surface area (Å²) in [5.74, 6) is 0.526. The summed E-state index contributed by atoms with van der Waals surface area (Å²) in [6.07, 6.45) is 5.38. The van der Waals surface area contributed by atoms with Gasteiger partial charge in [-0.2, -0.15) is 0 Å². The fourth-order valence-electron chi connectivity index (χ4n) is 7.11. The number of rotatable bonds is 1. The van der Waals surface area contributed by atoms with Crippen LogP contribution in [0.2, 0.25) is 0 Å². The van der Waals surface area contributed by atoms with E-state index < -0.39 is 5.72 Å². The van der Waals surface area contributed by atoms with Crippen LogP contribution >= 0.6 is 0 Å². The van der Waals surface area contributed by atoms with Gasteiger partial charge in [0.25, 0.3) is 0 Å². The van der Waals surface area contributed by atoms with Crippen LogP contribution in [0.25, 0.3) is 0 Å². The Bertz CT molecular complexity index is 1220. The Morgan fingerprint density at radius 3 is 2.59 bits per heavy atom. The zero-order chi connectivity index (χ0) is 21.3. The molecule has 3 heterocycles. The number of nitrogens with zero attached hydrogens (tertiary/aromatic N) is 1. The number of carbonyl (C=O) groups excluding carboxylic acids is 1. The van der Waals surface area contributed by atoms with Crippen molar-refractivity contribution in [3.05, 3.63) is 95.6 Å². The number of fused-ring (bicyclic) bond motifs is 5. The Morgan fingerprint density at radius 2 is 1.69 bits per heavy atom. The normalized spacial score (nSPS) is 31.9. The van der Waals surface area contributed by atoms with Gasteiger partial charge >= 0.3 is 5.97 Å². The molecular weight excluding hydrogens is 396 g/mol. The van der Waals surface area contributed by atoms with Gasteiger partial charge in [0, 0.05) is 17.9 Å². The first-order chi connectivity index (χ1) is 15.7. The van der Waals surface area contributed by atoms with Crippen molar-refractivity contribution < 1.29 is 9.53 Å². The van der Waals surface area contributed by atoms with Crippen molar-refractivity contribution in [1.29, 1.82) is 0 Å². The highest BCUT2D eigenvalue weighted by Crippen LogP contribution is 2.65. The predicted octanol–water partition coefficient (Wildman–Crippen LogP) is 6.02. The Morgan fingerprint density at radius 1 is 0.906 bits per heavy atom. The van der Waals surface area contributed by atoms with Crippen molar-refractivity contribution in [3.63, 3.8) is 0 Å². The standard InChI is InChI=1S/C28H26N2O2/c31-26-20-12-4-5-14-23(20)28(32-26)18-21(19-10-2-1-3-11-19)22-13-8-9-17-27(22)29-24-15-6-7-16-25(24)30(27)28/h1-7,10-12,14-16,21-22,29H,8-9,13,17-18H2/t21-,22-,27-,28+/m1/s1. The summed E-state index contributed by atoms with van der Waals surface area (Å²) in [6.45, 7) is 0. The molecule has 0 amide bonds. The first kappa shape index (κ1) is 18.3. The van der Waals surface area contributed by atoms with E-state index in [-0.39, 0.29) is 11.6 Å². The average molecular weight is 423 g/mol. The molecule has 4 heteroatoms. The summed E-state index contributed by atoms with van der Waals surface area (Å²) in [4.78, 5) is 15.6. The molecule has 3 aliphatic heterocycles. The maximum absolute atomic E-state index is 13.2. The van der Waals surface area contributed by atoms with E-state index in [1.165, 1.54) is 24.8 Å². The van der Waals surface area contributed by atoms with Crippen molar-refractivity contribution in [1.82, 2.24) is 0 Å².